The highest BCUT2D eigenvalue weighted by Crippen LogP contribution is 2.25. The molecule has 1 saturated heterocycles. The molecule has 0 saturated carbocycles. The molecule has 0 radical (unpaired) electrons. The Morgan fingerprint density at radius 2 is 2.25 bits per heavy atom. The summed E-state index contributed by atoms with van der Waals surface area (Å²) in [6.45, 7) is 7.70. The lowest BCUT2D eigenvalue weighted by Crippen LogP contribution is -2.51. The van der Waals surface area contributed by atoms with E-state index in [0.717, 1.165) is 19.6 Å². The van der Waals surface area contributed by atoms with Crippen molar-refractivity contribution in [2.75, 3.05) is 24.5 Å². The van der Waals surface area contributed by atoms with E-state index in [4.69, 9.17) is 0 Å². The van der Waals surface area contributed by atoms with Crippen LogP contribution in [-0.4, -0.2) is 25.7 Å². The minimum atomic E-state index is 0.627. The van der Waals surface area contributed by atoms with E-state index < -0.39 is 0 Å². The average molecular weight is 283 g/mol. The van der Waals surface area contributed by atoms with Crippen LogP contribution < -0.4 is 10.2 Å². The van der Waals surface area contributed by atoms with E-state index in [1.165, 1.54) is 22.1 Å². The van der Waals surface area contributed by atoms with Crippen molar-refractivity contribution in [3.63, 3.8) is 0 Å². The summed E-state index contributed by atoms with van der Waals surface area (Å²) >= 11 is 3.58. The lowest BCUT2D eigenvalue weighted by molar-refractivity contribution is 0.466. The summed E-state index contributed by atoms with van der Waals surface area (Å²) in [4.78, 5) is 2.52. The molecule has 2 rings (SSSR count). The number of rotatable bonds is 2. The maximum atomic E-state index is 3.58. The predicted octanol–water partition coefficient (Wildman–Crippen LogP) is 2.95. The zero-order valence-electron chi connectivity index (χ0n) is 9.96. The smallest absolute Gasteiger partial charge is 0.0412 e. The predicted molar refractivity (Wildman–Crippen MR) is 73.2 cm³/mol. The van der Waals surface area contributed by atoms with Crippen molar-refractivity contribution in [3.8, 4) is 0 Å². The number of piperazine rings is 1. The van der Waals surface area contributed by atoms with Gasteiger partial charge in [0.15, 0.2) is 0 Å². The third-order valence-electron chi connectivity index (χ3n) is 3.18. The molecule has 0 aliphatic carbocycles. The molecule has 0 aromatic heterocycles. The molecule has 0 amide bonds. The van der Waals surface area contributed by atoms with Crippen molar-refractivity contribution in [2.45, 2.75) is 26.3 Å². The summed E-state index contributed by atoms with van der Waals surface area (Å²) in [5, 5.41) is 3.46. The van der Waals surface area contributed by atoms with Crippen molar-refractivity contribution in [1.29, 1.82) is 0 Å². The number of halogens is 1. The third kappa shape index (κ3) is 2.58. The SMILES string of the molecule is CCC1CNCCN1c1cc(C)cc(Br)c1. The van der Waals surface area contributed by atoms with Crippen molar-refractivity contribution in [1.82, 2.24) is 5.32 Å². The molecular weight excluding hydrogens is 264 g/mol. The van der Waals surface area contributed by atoms with Crippen LogP contribution in [-0.2, 0) is 0 Å². The summed E-state index contributed by atoms with van der Waals surface area (Å²) in [6.07, 6.45) is 1.19. The van der Waals surface area contributed by atoms with Crippen molar-refractivity contribution in [3.05, 3.63) is 28.2 Å². The molecule has 1 aliphatic heterocycles. The molecule has 1 aromatic carbocycles. The molecule has 1 atom stereocenters. The Hall–Kier alpha value is -0.540. The second-order valence-electron chi connectivity index (χ2n) is 4.45. The van der Waals surface area contributed by atoms with Gasteiger partial charge in [-0.15, -0.1) is 0 Å². The van der Waals surface area contributed by atoms with E-state index in [1.807, 2.05) is 0 Å². The fourth-order valence-corrected chi connectivity index (χ4v) is 2.94. The molecule has 1 aromatic rings. The van der Waals surface area contributed by atoms with Gasteiger partial charge in [0.2, 0.25) is 0 Å². The minimum absolute atomic E-state index is 0.627. The van der Waals surface area contributed by atoms with Crippen LogP contribution in [0.2, 0.25) is 0 Å². The van der Waals surface area contributed by atoms with Crippen LogP contribution in [0.3, 0.4) is 0 Å². The van der Waals surface area contributed by atoms with Crippen LogP contribution in [0, 0.1) is 6.92 Å². The van der Waals surface area contributed by atoms with Crippen molar-refractivity contribution in [2.24, 2.45) is 0 Å². The molecule has 2 nitrogen and oxygen atoms in total. The van der Waals surface area contributed by atoms with Gasteiger partial charge in [0.1, 0.15) is 0 Å². The minimum Gasteiger partial charge on any atom is -0.366 e. The summed E-state index contributed by atoms with van der Waals surface area (Å²) in [5.74, 6) is 0. The molecule has 3 heteroatoms. The first-order valence-corrected chi connectivity index (χ1v) is 6.74. The molecule has 0 bridgehead atoms. The molecule has 0 spiro atoms. The summed E-state index contributed by atoms with van der Waals surface area (Å²) in [7, 11) is 0. The standard InChI is InChI=1S/C13H19BrN2/c1-3-12-9-15-4-5-16(12)13-7-10(2)6-11(14)8-13/h6-8,12,15H,3-5,9H2,1-2H3. The quantitative estimate of drug-likeness (QED) is 0.897. The monoisotopic (exact) mass is 282 g/mol. The van der Waals surface area contributed by atoms with Crippen molar-refractivity contribution < 1.29 is 0 Å². The van der Waals surface area contributed by atoms with Gasteiger partial charge in [0, 0.05) is 35.8 Å². The van der Waals surface area contributed by atoms with Gasteiger partial charge in [-0.25, -0.2) is 0 Å². The van der Waals surface area contributed by atoms with Crippen LogP contribution in [0.25, 0.3) is 0 Å². The van der Waals surface area contributed by atoms with Gasteiger partial charge in [-0.05, 0) is 37.1 Å². The van der Waals surface area contributed by atoms with Gasteiger partial charge in [0.05, 0.1) is 0 Å². The summed E-state index contributed by atoms with van der Waals surface area (Å²) in [5.41, 5.74) is 2.66. The second kappa shape index (κ2) is 5.19. The number of benzene rings is 1. The Labute approximate surface area is 106 Å². The molecule has 1 fully saturated rings. The Morgan fingerprint density at radius 1 is 1.44 bits per heavy atom. The third-order valence-corrected chi connectivity index (χ3v) is 3.64. The molecule has 1 unspecified atom stereocenters. The lowest BCUT2D eigenvalue weighted by atomic mass is 10.1. The van der Waals surface area contributed by atoms with E-state index in [0.29, 0.717) is 6.04 Å². The first-order valence-electron chi connectivity index (χ1n) is 5.95. The highest BCUT2D eigenvalue weighted by molar-refractivity contribution is 9.10. The normalized spacial score (nSPS) is 21.2. The van der Waals surface area contributed by atoms with Crippen molar-refractivity contribution >= 4 is 21.6 Å². The zero-order valence-corrected chi connectivity index (χ0v) is 11.5. The van der Waals surface area contributed by atoms with Gasteiger partial charge >= 0.3 is 0 Å². The highest BCUT2D eigenvalue weighted by atomic mass is 79.9. The molecule has 1 aliphatic rings. The summed E-state index contributed by atoms with van der Waals surface area (Å²) < 4.78 is 1.18. The number of nitrogens with zero attached hydrogens (tertiary/aromatic N) is 1. The van der Waals surface area contributed by atoms with E-state index in [9.17, 15) is 0 Å². The van der Waals surface area contributed by atoms with Crippen LogP contribution in [0.5, 0.6) is 0 Å². The van der Waals surface area contributed by atoms with Gasteiger partial charge in [-0.1, -0.05) is 22.9 Å². The van der Waals surface area contributed by atoms with E-state index in [1.54, 1.807) is 0 Å². The Bertz CT molecular complexity index is 345. The fraction of sp³-hybridized carbons (Fsp3) is 0.538. The largest absolute Gasteiger partial charge is 0.366 e. The number of aryl methyl sites for hydroxylation is 1. The highest BCUT2D eigenvalue weighted by Gasteiger charge is 2.20. The van der Waals surface area contributed by atoms with Crippen LogP contribution in [0.1, 0.15) is 18.9 Å². The summed E-state index contributed by atoms with van der Waals surface area (Å²) in [6, 6.07) is 7.29. The van der Waals surface area contributed by atoms with Gasteiger partial charge < -0.3 is 10.2 Å². The molecule has 16 heavy (non-hydrogen) atoms. The van der Waals surface area contributed by atoms with E-state index in [2.05, 4.69) is 58.2 Å². The average Bonchev–Trinajstić information content (AvgIpc) is 2.27. The van der Waals surface area contributed by atoms with Crippen LogP contribution >= 0.6 is 15.9 Å². The number of nitrogens with one attached hydrogen (secondary N) is 1. The zero-order chi connectivity index (χ0) is 11.5. The molecule has 1 N–H and O–H groups in total. The number of hydrogen-bond acceptors (Lipinski definition) is 2. The first kappa shape index (κ1) is 11.9. The van der Waals surface area contributed by atoms with E-state index >= 15 is 0 Å². The Balaban J connectivity index is 2.26. The topological polar surface area (TPSA) is 15.3 Å². The van der Waals surface area contributed by atoms with Gasteiger partial charge in [0.25, 0.3) is 0 Å². The maximum Gasteiger partial charge on any atom is 0.0412 e. The number of anilines is 1. The fourth-order valence-electron chi connectivity index (χ4n) is 2.35. The van der Waals surface area contributed by atoms with Crippen LogP contribution in [0.15, 0.2) is 22.7 Å². The molecular formula is C13H19BrN2. The van der Waals surface area contributed by atoms with E-state index in [-0.39, 0.29) is 0 Å². The first-order chi connectivity index (χ1) is 7.70. The van der Waals surface area contributed by atoms with Gasteiger partial charge in [-0.3, -0.25) is 0 Å². The van der Waals surface area contributed by atoms with Crippen LogP contribution in [0.4, 0.5) is 5.69 Å². The Morgan fingerprint density at radius 3 is 2.94 bits per heavy atom. The maximum absolute atomic E-state index is 3.58. The molecule has 1 heterocycles. The number of hydrogen-bond donors (Lipinski definition) is 1. The van der Waals surface area contributed by atoms with Gasteiger partial charge in [-0.2, -0.15) is 0 Å². The second-order valence-corrected chi connectivity index (χ2v) is 5.36. The molecule has 88 valence electrons. The Kier molecular flexibility index (Phi) is 3.87. The lowest BCUT2D eigenvalue weighted by Gasteiger charge is -2.37.